The number of nitrogens with zero attached hydrogens (tertiary/aromatic N) is 3. The molecule has 16 nitrogen and oxygen atoms in total. The first-order chi connectivity index (χ1) is 18.2. The van der Waals surface area contributed by atoms with Crippen molar-refractivity contribution >= 4 is 49.0 Å². The maximum atomic E-state index is 12.0. The second kappa shape index (κ2) is 14.4. The van der Waals surface area contributed by atoms with Crippen LogP contribution < -0.4 is 16.4 Å². The first-order valence-corrected chi connectivity index (χ1v) is 13.9. The second-order valence-corrected chi connectivity index (χ2v) is 12.1. The number of aliphatic carboxylic acids is 1. The quantitative estimate of drug-likeness (QED) is 0.0938. The molecule has 0 saturated carbocycles. The summed E-state index contributed by atoms with van der Waals surface area (Å²) in [5.74, 6) is -0.957. The molecule has 0 aromatic carbocycles. The number of carbonyl (C=O) groups excluding carboxylic acids is 1. The van der Waals surface area contributed by atoms with Crippen LogP contribution in [0.15, 0.2) is 11.1 Å². The van der Waals surface area contributed by atoms with Crippen molar-refractivity contribution in [2.45, 2.75) is 51.7 Å². The van der Waals surface area contributed by atoms with Crippen LogP contribution in [0.25, 0.3) is 11.2 Å². The lowest BCUT2D eigenvalue weighted by atomic mass is 9.96. The van der Waals surface area contributed by atoms with Crippen LogP contribution >= 0.6 is 20.3 Å². The van der Waals surface area contributed by atoms with Gasteiger partial charge in [0.2, 0.25) is 5.95 Å². The van der Waals surface area contributed by atoms with Gasteiger partial charge in [-0.3, -0.25) is 23.9 Å². The number of nitrogens with one attached hydrogen (secondary N) is 2. The van der Waals surface area contributed by atoms with E-state index in [2.05, 4.69) is 20.0 Å². The Labute approximate surface area is 229 Å². The third-order valence-corrected chi connectivity index (χ3v) is 6.88. The van der Waals surface area contributed by atoms with Crippen LogP contribution in [0.3, 0.4) is 0 Å². The summed E-state index contributed by atoms with van der Waals surface area (Å²) >= 11 is 0.979. The Kier molecular flexibility index (Phi) is 12.2. The number of hydrogen-bond donors (Lipinski definition) is 7. The molecule has 1 fully saturated rings. The highest BCUT2D eigenvalue weighted by Crippen LogP contribution is 2.41. The van der Waals surface area contributed by atoms with E-state index < -0.39 is 50.6 Å². The molecular weight excluding hydrogens is 559 g/mol. The zero-order valence-electron chi connectivity index (χ0n) is 21.9. The predicted molar refractivity (Wildman–Crippen MR) is 143 cm³/mol. The number of carboxylic acid groups (broad SMARTS) is 1. The summed E-state index contributed by atoms with van der Waals surface area (Å²) < 4.78 is 18.1. The van der Waals surface area contributed by atoms with E-state index in [1.165, 1.54) is 17.8 Å². The van der Waals surface area contributed by atoms with Crippen LogP contribution in [-0.4, -0.2) is 101 Å². The van der Waals surface area contributed by atoms with Crippen molar-refractivity contribution < 1.29 is 43.8 Å². The number of aliphatic hydroxyl groups is 3. The fraction of sp³-hybridized carbons (Fsp3) is 0.667. The van der Waals surface area contributed by atoms with Crippen molar-refractivity contribution in [1.29, 1.82) is 0 Å². The standard InChI is InChI=1S/C16H23N6O9PS.C5H12O/c1-16(28)11(26)8(5-30-32(19-4-9(24)25)29-2-3-33-7-23)31-14(16)22-6-18-10-12(22)20-15(17)21-13(10)27;1-5(2,3)4-6/h6-8,11,14,19,26,28H,2-5H2,1H3,(H,24,25)(H3,17,20,21,27);6H,4H2,1-3H3. The molecule has 39 heavy (non-hydrogen) atoms. The van der Waals surface area contributed by atoms with Gasteiger partial charge in [-0.15, -0.1) is 0 Å². The smallest absolute Gasteiger partial charge is 0.317 e. The van der Waals surface area contributed by atoms with E-state index in [1.54, 1.807) is 0 Å². The number of rotatable bonds is 12. The van der Waals surface area contributed by atoms with Crippen LogP contribution in [0.4, 0.5) is 5.95 Å². The largest absolute Gasteiger partial charge is 0.480 e. The van der Waals surface area contributed by atoms with Gasteiger partial charge in [0.1, 0.15) is 24.4 Å². The van der Waals surface area contributed by atoms with Gasteiger partial charge in [-0.1, -0.05) is 32.5 Å². The number of nitrogen functional groups attached to an aromatic ring is 1. The van der Waals surface area contributed by atoms with Gasteiger partial charge in [0.25, 0.3) is 14.1 Å². The lowest BCUT2D eigenvalue weighted by Gasteiger charge is -2.27. The molecule has 0 amide bonds. The molecule has 18 heteroatoms. The fourth-order valence-electron chi connectivity index (χ4n) is 3.11. The van der Waals surface area contributed by atoms with E-state index in [-0.39, 0.29) is 42.3 Å². The number of aromatic amines is 1. The molecule has 220 valence electrons. The number of H-pyrrole nitrogens is 1. The number of fused-ring (bicyclic) bond motifs is 1. The number of thioether (sulfide) groups is 1. The summed E-state index contributed by atoms with van der Waals surface area (Å²) in [5, 5.41) is 41.4. The summed E-state index contributed by atoms with van der Waals surface area (Å²) in [6.07, 6.45) is -2.44. The fourth-order valence-corrected chi connectivity index (χ4v) is 4.57. The third kappa shape index (κ3) is 9.44. The van der Waals surface area contributed by atoms with Crippen LogP contribution in [-0.2, 0) is 23.4 Å². The summed E-state index contributed by atoms with van der Waals surface area (Å²) in [7, 11) is -1.90. The molecule has 3 rings (SSSR count). The first-order valence-electron chi connectivity index (χ1n) is 11.7. The summed E-state index contributed by atoms with van der Waals surface area (Å²) in [6.45, 7) is 6.99. The van der Waals surface area contributed by atoms with Crippen LogP contribution in [0.2, 0.25) is 0 Å². The van der Waals surface area contributed by atoms with Gasteiger partial charge in [-0.2, -0.15) is 4.98 Å². The average Bonchev–Trinajstić information content (AvgIpc) is 3.36. The Morgan fingerprint density at radius 2 is 2.10 bits per heavy atom. The highest BCUT2D eigenvalue weighted by molar-refractivity contribution is 8.11. The minimum Gasteiger partial charge on any atom is -0.480 e. The van der Waals surface area contributed by atoms with Gasteiger partial charge in [-0.05, 0) is 12.3 Å². The maximum Gasteiger partial charge on any atom is 0.317 e. The zero-order valence-corrected chi connectivity index (χ0v) is 23.6. The highest BCUT2D eigenvalue weighted by Gasteiger charge is 2.53. The zero-order chi connectivity index (χ0) is 29.4. The van der Waals surface area contributed by atoms with Crippen molar-refractivity contribution in [3.63, 3.8) is 0 Å². The lowest BCUT2D eigenvalue weighted by molar-refractivity contribution is -0.135. The predicted octanol–water partition coefficient (Wildman–Crippen LogP) is -0.406. The van der Waals surface area contributed by atoms with Crippen molar-refractivity contribution in [1.82, 2.24) is 24.6 Å². The summed E-state index contributed by atoms with van der Waals surface area (Å²) in [6, 6.07) is 0. The molecule has 8 N–H and O–H groups in total. The molecule has 2 aromatic rings. The molecule has 0 aliphatic carbocycles. The van der Waals surface area contributed by atoms with Crippen LogP contribution in [0, 0.1) is 5.41 Å². The SMILES string of the molecule is CC(C)(C)CO.CC1(O)C(O)C(COP(NCC(=O)O)OCCSC=O)OC1n1cnc2c(=O)[nH]c(N)nc21. The second-order valence-electron chi connectivity index (χ2n) is 9.77. The number of aromatic nitrogens is 4. The van der Waals surface area contributed by atoms with Gasteiger partial charge in [0.15, 0.2) is 23.0 Å². The summed E-state index contributed by atoms with van der Waals surface area (Å²) in [4.78, 5) is 43.6. The van der Waals surface area contributed by atoms with Gasteiger partial charge >= 0.3 is 5.97 Å². The minimum atomic E-state index is -1.90. The van der Waals surface area contributed by atoms with Crippen LogP contribution in [0.5, 0.6) is 0 Å². The lowest BCUT2D eigenvalue weighted by Crippen LogP contribution is -2.44. The van der Waals surface area contributed by atoms with Gasteiger partial charge < -0.3 is 39.9 Å². The Balaban J connectivity index is 0.000000798. The third-order valence-electron chi connectivity index (χ3n) is 5.13. The van der Waals surface area contributed by atoms with E-state index in [1.807, 2.05) is 20.8 Å². The van der Waals surface area contributed by atoms with E-state index in [0.29, 0.717) is 11.4 Å². The van der Waals surface area contributed by atoms with Gasteiger partial charge in [0, 0.05) is 12.4 Å². The Morgan fingerprint density at radius 1 is 1.44 bits per heavy atom. The average molecular weight is 595 g/mol. The van der Waals surface area contributed by atoms with Crippen molar-refractivity contribution in [3.8, 4) is 0 Å². The normalized spacial score (nSPS) is 23.8. The number of anilines is 1. The number of imidazole rings is 1. The molecular formula is C21H35N6O10PS. The van der Waals surface area contributed by atoms with Gasteiger partial charge in [0.05, 0.1) is 19.5 Å². The molecule has 5 unspecified atom stereocenters. The van der Waals surface area contributed by atoms with E-state index in [0.717, 1.165) is 11.8 Å². The van der Waals surface area contributed by atoms with Crippen molar-refractivity contribution in [2.24, 2.45) is 5.41 Å². The number of hydrogen-bond acceptors (Lipinski definition) is 14. The number of carboxylic acids is 1. The van der Waals surface area contributed by atoms with E-state index >= 15 is 0 Å². The molecule has 3 heterocycles. The molecule has 1 aliphatic rings. The number of ether oxygens (including phenoxy) is 1. The van der Waals surface area contributed by atoms with E-state index in [4.69, 9.17) is 29.7 Å². The molecule has 0 spiro atoms. The summed E-state index contributed by atoms with van der Waals surface area (Å²) in [5.41, 5.74) is 3.97. The Hall–Kier alpha value is -2.21. The Bertz CT molecular complexity index is 1160. The van der Waals surface area contributed by atoms with E-state index in [9.17, 15) is 24.6 Å². The maximum absolute atomic E-state index is 12.0. The molecule has 0 radical (unpaired) electrons. The number of aliphatic hydroxyl groups excluding tert-OH is 2. The molecule has 5 atom stereocenters. The molecule has 0 bridgehead atoms. The minimum absolute atomic E-state index is 0.0271. The van der Waals surface area contributed by atoms with Crippen molar-refractivity contribution in [2.75, 3.05) is 37.9 Å². The highest BCUT2D eigenvalue weighted by atomic mass is 32.2. The number of carbonyl (C=O) groups is 2. The first kappa shape index (κ1) is 33.0. The van der Waals surface area contributed by atoms with Crippen LogP contribution in [0.1, 0.15) is 33.9 Å². The number of nitrogens with two attached hydrogens (primary N) is 1. The molecule has 1 saturated heterocycles. The van der Waals surface area contributed by atoms with Gasteiger partial charge in [-0.25, -0.2) is 10.1 Å². The topological polar surface area (TPSA) is 244 Å². The Morgan fingerprint density at radius 3 is 2.69 bits per heavy atom. The van der Waals surface area contributed by atoms with Crippen molar-refractivity contribution in [3.05, 3.63) is 16.7 Å². The molecule has 2 aromatic heterocycles. The monoisotopic (exact) mass is 594 g/mol. The molecule has 1 aliphatic heterocycles.